The van der Waals surface area contributed by atoms with Crippen LogP contribution in [0.2, 0.25) is 0 Å². The Morgan fingerprint density at radius 1 is 1.47 bits per heavy atom. The van der Waals surface area contributed by atoms with Gasteiger partial charge in [-0.05, 0) is 38.6 Å². The summed E-state index contributed by atoms with van der Waals surface area (Å²) in [6, 6.07) is 6.06. The topological polar surface area (TPSA) is 24.9 Å². The van der Waals surface area contributed by atoms with Crippen LogP contribution in [0, 0.1) is 0 Å². The fourth-order valence-electron chi connectivity index (χ4n) is 1.46. The quantitative estimate of drug-likeness (QED) is 0.569. The van der Waals surface area contributed by atoms with E-state index in [9.17, 15) is 0 Å². The summed E-state index contributed by atoms with van der Waals surface area (Å²) < 4.78 is 0. The van der Waals surface area contributed by atoms with Gasteiger partial charge < -0.3 is 5.32 Å². The minimum absolute atomic E-state index is 0.965. The lowest BCUT2D eigenvalue weighted by Crippen LogP contribution is -2.13. The van der Waals surface area contributed by atoms with Crippen LogP contribution < -0.4 is 5.32 Å². The van der Waals surface area contributed by atoms with Gasteiger partial charge in [-0.25, -0.2) is 0 Å². The third-order valence-corrected chi connectivity index (χ3v) is 2.25. The van der Waals surface area contributed by atoms with Crippen molar-refractivity contribution in [1.82, 2.24) is 10.3 Å². The van der Waals surface area contributed by atoms with Crippen LogP contribution in [0.25, 0.3) is 0 Å². The Kier molecular flexibility index (Phi) is 5.71. The number of rotatable bonds is 6. The van der Waals surface area contributed by atoms with Crippen LogP contribution in [0.4, 0.5) is 0 Å². The first-order chi connectivity index (χ1) is 7.33. The summed E-state index contributed by atoms with van der Waals surface area (Å²) in [7, 11) is 0. The Bertz CT molecular complexity index is 291. The van der Waals surface area contributed by atoms with Gasteiger partial charge in [-0.1, -0.05) is 24.6 Å². The van der Waals surface area contributed by atoms with E-state index in [-0.39, 0.29) is 0 Å². The smallest absolute Gasteiger partial charge is 0.0443 e. The number of hydrogen-bond donors (Lipinski definition) is 1. The van der Waals surface area contributed by atoms with Crippen LogP contribution in [0.3, 0.4) is 0 Å². The van der Waals surface area contributed by atoms with Crippen LogP contribution in [0.1, 0.15) is 26.0 Å². The lowest BCUT2D eigenvalue weighted by atomic mass is 10.1. The molecule has 0 amide bonds. The van der Waals surface area contributed by atoms with E-state index in [1.54, 1.807) is 0 Å². The number of nitrogens with one attached hydrogen (secondary N) is 1. The second-order valence-corrected chi connectivity index (χ2v) is 3.69. The van der Waals surface area contributed by atoms with Crippen molar-refractivity contribution >= 4 is 0 Å². The molecule has 82 valence electrons. The molecule has 0 fully saturated rings. The van der Waals surface area contributed by atoms with Crippen molar-refractivity contribution in [1.29, 1.82) is 0 Å². The second-order valence-electron chi connectivity index (χ2n) is 3.69. The summed E-state index contributed by atoms with van der Waals surface area (Å²) in [5.41, 5.74) is 2.54. The normalized spacial score (nSPS) is 11.7. The maximum atomic E-state index is 4.31. The second kappa shape index (κ2) is 7.18. The SMILES string of the molecule is CCNCCC=C(C)Cc1ccccn1. The monoisotopic (exact) mass is 204 g/mol. The molecule has 0 bridgehead atoms. The zero-order valence-corrected chi connectivity index (χ0v) is 9.66. The first-order valence-electron chi connectivity index (χ1n) is 5.59. The summed E-state index contributed by atoms with van der Waals surface area (Å²) in [6.45, 7) is 6.41. The lowest BCUT2D eigenvalue weighted by molar-refractivity contribution is 0.724. The van der Waals surface area contributed by atoms with Crippen LogP contribution in [-0.2, 0) is 6.42 Å². The van der Waals surface area contributed by atoms with Gasteiger partial charge in [-0.15, -0.1) is 0 Å². The predicted octanol–water partition coefficient (Wildman–Crippen LogP) is 2.57. The number of pyridine rings is 1. The predicted molar refractivity (Wildman–Crippen MR) is 64.9 cm³/mol. The standard InChI is InChI=1S/C13H20N2/c1-3-14-9-6-7-12(2)11-13-8-4-5-10-15-13/h4-5,7-8,10,14H,3,6,9,11H2,1-2H3. The van der Waals surface area contributed by atoms with E-state index in [4.69, 9.17) is 0 Å². The van der Waals surface area contributed by atoms with Gasteiger partial charge >= 0.3 is 0 Å². The van der Waals surface area contributed by atoms with Gasteiger partial charge in [0.15, 0.2) is 0 Å². The molecule has 0 aliphatic carbocycles. The molecule has 2 heteroatoms. The van der Waals surface area contributed by atoms with Gasteiger partial charge in [-0.3, -0.25) is 4.98 Å². The molecule has 1 aromatic rings. The Balaban J connectivity index is 2.32. The van der Waals surface area contributed by atoms with E-state index < -0.39 is 0 Å². The van der Waals surface area contributed by atoms with Gasteiger partial charge in [0.1, 0.15) is 0 Å². The molecule has 15 heavy (non-hydrogen) atoms. The molecular weight excluding hydrogens is 184 g/mol. The zero-order valence-electron chi connectivity index (χ0n) is 9.66. The molecule has 1 rings (SSSR count). The maximum Gasteiger partial charge on any atom is 0.0443 e. The van der Waals surface area contributed by atoms with E-state index in [1.807, 2.05) is 18.3 Å². The van der Waals surface area contributed by atoms with Crippen molar-refractivity contribution in [3.05, 3.63) is 41.7 Å². The van der Waals surface area contributed by atoms with Crippen molar-refractivity contribution in [3.63, 3.8) is 0 Å². The Labute approximate surface area is 92.4 Å². The van der Waals surface area contributed by atoms with Crippen LogP contribution in [0.5, 0.6) is 0 Å². The first-order valence-corrected chi connectivity index (χ1v) is 5.59. The molecule has 0 unspecified atom stereocenters. The highest BCUT2D eigenvalue weighted by Crippen LogP contribution is 2.04. The Hall–Kier alpha value is -1.15. The average Bonchev–Trinajstić information content (AvgIpc) is 2.26. The highest BCUT2D eigenvalue weighted by atomic mass is 14.8. The van der Waals surface area contributed by atoms with Gasteiger partial charge in [-0.2, -0.15) is 0 Å². The number of hydrogen-bond acceptors (Lipinski definition) is 2. The number of nitrogens with zero attached hydrogens (tertiary/aromatic N) is 1. The summed E-state index contributed by atoms with van der Waals surface area (Å²) in [5.74, 6) is 0. The van der Waals surface area contributed by atoms with Crippen molar-refractivity contribution in [2.75, 3.05) is 13.1 Å². The molecule has 0 aliphatic rings. The molecule has 2 nitrogen and oxygen atoms in total. The van der Waals surface area contributed by atoms with E-state index in [0.29, 0.717) is 0 Å². The van der Waals surface area contributed by atoms with Gasteiger partial charge in [0.25, 0.3) is 0 Å². The average molecular weight is 204 g/mol. The van der Waals surface area contributed by atoms with Crippen molar-refractivity contribution in [2.45, 2.75) is 26.7 Å². The zero-order chi connectivity index (χ0) is 10.9. The van der Waals surface area contributed by atoms with Crippen molar-refractivity contribution < 1.29 is 0 Å². The third kappa shape index (κ3) is 5.33. The molecular formula is C13H20N2. The van der Waals surface area contributed by atoms with Gasteiger partial charge in [0.05, 0.1) is 0 Å². The highest BCUT2D eigenvalue weighted by Gasteiger charge is 1.94. The minimum Gasteiger partial charge on any atom is -0.317 e. The maximum absolute atomic E-state index is 4.31. The highest BCUT2D eigenvalue weighted by molar-refractivity contribution is 5.13. The van der Waals surface area contributed by atoms with Gasteiger partial charge in [0.2, 0.25) is 0 Å². The fraction of sp³-hybridized carbons (Fsp3) is 0.462. The van der Waals surface area contributed by atoms with Gasteiger partial charge in [0, 0.05) is 18.3 Å². The number of aromatic nitrogens is 1. The Morgan fingerprint density at radius 2 is 2.33 bits per heavy atom. The molecule has 0 radical (unpaired) electrons. The van der Waals surface area contributed by atoms with E-state index in [2.05, 4.69) is 36.3 Å². The van der Waals surface area contributed by atoms with Crippen molar-refractivity contribution in [2.24, 2.45) is 0 Å². The van der Waals surface area contributed by atoms with E-state index >= 15 is 0 Å². The fourth-order valence-corrected chi connectivity index (χ4v) is 1.46. The van der Waals surface area contributed by atoms with Crippen molar-refractivity contribution in [3.8, 4) is 0 Å². The molecule has 1 N–H and O–H groups in total. The minimum atomic E-state index is 0.965. The van der Waals surface area contributed by atoms with Crippen LogP contribution in [0.15, 0.2) is 36.0 Å². The molecule has 0 saturated heterocycles. The molecule has 0 spiro atoms. The molecule has 0 aliphatic heterocycles. The van der Waals surface area contributed by atoms with Crippen LogP contribution >= 0.6 is 0 Å². The van der Waals surface area contributed by atoms with E-state index in [1.165, 1.54) is 5.57 Å². The van der Waals surface area contributed by atoms with Crippen LogP contribution in [-0.4, -0.2) is 18.1 Å². The third-order valence-electron chi connectivity index (χ3n) is 2.25. The molecule has 1 aromatic heterocycles. The van der Waals surface area contributed by atoms with E-state index in [0.717, 1.165) is 31.6 Å². The molecule has 0 atom stereocenters. The molecule has 1 heterocycles. The summed E-state index contributed by atoms with van der Waals surface area (Å²) in [4.78, 5) is 4.31. The first kappa shape index (κ1) is 11.9. The molecule has 0 saturated carbocycles. The summed E-state index contributed by atoms with van der Waals surface area (Å²) in [6.07, 6.45) is 6.21. The number of allylic oxidation sites excluding steroid dienone is 1. The molecule has 0 aromatic carbocycles. The summed E-state index contributed by atoms with van der Waals surface area (Å²) >= 11 is 0. The Morgan fingerprint density at radius 3 is 3.00 bits per heavy atom. The summed E-state index contributed by atoms with van der Waals surface area (Å²) in [5, 5.41) is 3.31. The lowest BCUT2D eigenvalue weighted by Gasteiger charge is -2.01. The largest absolute Gasteiger partial charge is 0.317 e.